The van der Waals surface area contributed by atoms with E-state index in [4.69, 9.17) is 15.3 Å². The molecule has 0 atom stereocenters. The molecule has 0 aromatic carbocycles. The molecule has 3 heteroatoms. The summed E-state index contributed by atoms with van der Waals surface area (Å²) in [6, 6.07) is 0. The van der Waals surface area contributed by atoms with Gasteiger partial charge in [-0.3, -0.25) is 0 Å². The Hall–Kier alpha value is -0.900. The minimum absolute atomic E-state index is 0.365. The maximum atomic E-state index is 8.17. The van der Waals surface area contributed by atoms with Crippen molar-refractivity contribution in [3.8, 4) is 0 Å². The second-order valence-corrected chi connectivity index (χ2v) is 4.64. The molecule has 0 fully saturated rings. The number of rotatable bonds is 2. The van der Waals surface area contributed by atoms with Crippen molar-refractivity contribution in [3.05, 3.63) is 36.5 Å². The summed E-state index contributed by atoms with van der Waals surface area (Å²) in [5.41, 5.74) is 3.50. The van der Waals surface area contributed by atoms with Gasteiger partial charge in [0.05, 0.1) is 13.2 Å². The Kier molecular flexibility index (Phi) is 30.7. The first kappa shape index (κ1) is 25.8. The zero-order valence-electron chi connectivity index (χ0n) is 13.0. The van der Waals surface area contributed by atoms with Crippen molar-refractivity contribution >= 4 is 0 Å². The van der Waals surface area contributed by atoms with Gasteiger partial charge in [-0.05, 0) is 41.5 Å². The zero-order chi connectivity index (χ0) is 15.7. The average molecular weight is 260 g/mol. The predicted octanol–water partition coefficient (Wildman–Crippen LogP) is 3.08. The molecule has 0 spiro atoms. The summed E-state index contributed by atoms with van der Waals surface area (Å²) in [6.45, 7) is 21.8. The van der Waals surface area contributed by atoms with Crippen LogP contribution in [-0.2, 0) is 0 Å². The van der Waals surface area contributed by atoms with Gasteiger partial charge in [-0.1, -0.05) is 16.7 Å². The summed E-state index contributed by atoms with van der Waals surface area (Å²) < 4.78 is 0. The van der Waals surface area contributed by atoms with Crippen molar-refractivity contribution < 1.29 is 15.3 Å². The number of aliphatic hydroxyl groups is 3. The number of aliphatic hydroxyl groups excluding tert-OH is 3. The standard InChI is InChI=1S/3C4H8.C3H8O3/c3*1-4(2)3;4-1-3(6)2-5/h3*1H2,2-3H3;3-6H,1-2H2. The Morgan fingerprint density at radius 2 is 0.833 bits per heavy atom. The van der Waals surface area contributed by atoms with Crippen molar-refractivity contribution in [1.82, 2.24) is 0 Å². The molecule has 0 rings (SSSR count). The second kappa shape index (κ2) is 21.4. The van der Waals surface area contributed by atoms with Crippen LogP contribution in [0.25, 0.3) is 0 Å². The minimum Gasteiger partial charge on any atom is -0.394 e. The quantitative estimate of drug-likeness (QED) is 0.669. The Balaban J connectivity index is -0.0000000742. The number of hydrogen-bond donors (Lipinski definition) is 3. The molecule has 0 bridgehead atoms. The van der Waals surface area contributed by atoms with Gasteiger partial charge in [0.15, 0.2) is 0 Å². The van der Waals surface area contributed by atoms with Crippen LogP contribution in [0.2, 0.25) is 0 Å². The molecule has 0 aliphatic heterocycles. The van der Waals surface area contributed by atoms with Gasteiger partial charge in [-0.2, -0.15) is 0 Å². The maximum Gasteiger partial charge on any atom is 0.100 e. The first-order valence-electron chi connectivity index (χ1n) is 5.77. The molecule has 0 aliphatic rings. The Morgan fingerprint density at radius 1 is 0.722 bits per heavy atom. The third-order valence-corrected chi connectivity index (χ3v) is 0.421. The van der Waals surface area contributed by atoms with E-state index in [1.807, 2.05) is 41.5 Å². The van der Waals surface area contributed by atoms with Gasteiger partial charge in [-0.15, -0.1) is 19.7 Å². The lowest BCUT2D eigenvalue weighted by Crippen LogP contribution is -2.15. The molecule has 0 aromatic heterocycles. The third-order valence-electron chi connectivity index (χ3n) is 0.421. The normalized spacial score (nSPS) is 7.67. The van der Waals surface area contributed by atoms with Gasteiger partial charge in [0.25, 0.3) is 0 Å². The van der Waals surface area contributed by atoms with E-state index < -0.39 is 6.10 Å². The van der Waals surface area contributed by atoms with E-state index in [0.717, 1.165) is 0 Å². The van der Waals surface area contributed by atoms with E-state index in [2.05, 4.69) is 19.7 Å². The first-order valence-corrected chi connectivity index (χ1v) is 5.77. The van der Waals surface area contributed by atoms with Crippen molar-refractivity contribution in [2.24, 2.45) is 0 Å². The van der Waals surface area contributed by atoms with Crippen molar-refractivity contribution in [3.63, 3.8) is 0 Å². The van der Waals surface area contributed by atoms with Crippen LogP contribution in [0, 0.1) is 0 Å². The van der Waals surface area contributed by atoms with Crippen LogP contribution in [-0.4, -0.2) is 34.6 Å². The molecule has 3 N–H and O–H groups in total. The fourth-order valence-corrected chi connectivity index (χ4v) is 0.0577. The van der Waals surface area contributed by atoms with Crippen LogP contribution in [0.4, 0.5) is 0 Å². The molecular formula is C15H32O3. The summed E-state index contributed by atoms with van der Waals surface area (Å²) in [5, 5.41) is 24.0. The molecule has 0 heterocycles. The maximum absolute atomic E-state index is 8.17. The van der Waals surface area contributed by atoms with E-state index in [1.54, 1.807) is 0 Å². The highest BCUT2D eigenvalue weighted by atomic mass is 16.3. The second-order valence-electron chi connectivity index (χ2n) is 4.64. The van der Waals surface area contributed by atoms with Gasteiger partial charge in [0.1, 0.15) is 6.10 Å². The first-order chi connectivity index (χ1) is 8.00. The van der Waals surface area contributed by atoms with Crippen molar-refractivity contribution in [2.45, 2.75) is 47.6 Å². The minimum atomic E-state index is -0.954. The molecule has 18 heavy (non-hydrogen) atoms. The molecule has 0 radical (unpaired) electrons. The van der Waals surface area contributed by atoms with E-state index in [1.165, 1.54) is 16.7 Å². The summed E-state index contributed by atoms with van der Waals surface area (Å²) in [7, 11) is 0. The summed E-state index contributed by atoms with van der Waals surface area (Å²) >= 11 is 0. The summed E-state index contributed by atoms with van der Waals surface area (Å²) in [6.07, 6.45) is -0.954. The summed E-state index contributed by atoms with van der Waals surface area (Å²) in [5.74, 6) is 0. The molecule has 110 valence electrons. The zero-order valence-corrected chi connectivity index (χ0v) is 13.0. The fourth-order valence-electron chi connectivity index (χ4n) is 0.0577. The molecule has 0 amide bonds. The number of hydrogen-bond acceptors (Lipinski definition) is 3. The van der Waals surface area contributed by atoms with Crippen LogP contribution in [0.3, 0.4) is 0 Å². The van der Waals surface area contributed by atoms with E-state index in [0.29, 0.717) is 0 Å². The molecule has 3 nitrogen and oxygen atoms in total. The van der Waals surface area contributed by atoms with Crippen LogP contribution < -0.4 is 0 Å². The van der Waals surface area contributed by atoms with Crippen LogP contribution in [0.5, 0.6) is 0 Å². The smallest absolute Gasteiger partial charge is 0.100 e. The highest BCUT2D eigenvalue weighted by molar-refractivity contribution is 4.79. The summed E-state index contributed by atoms with van der Waals surface area (Å²) in [4.78, 5) is 0. The topological polar surface area (TPSA) is 60.7 Å². The molecule has 0 aromatic rings. The molecule has 0 saturated carbocycles. The van der Waals surface area contributed by atoms with E-state index in [-0.39, 0.29) is 13.2 Å². The van der Waals surface area contributed by atoms with Gasteiger partial charge in [-0.25, -0.2) is 0 Å². The Morgan fingerprint density at radius 3 is 0.833 bits per heavy atom. The largest absolute Gasteiger partial charge is 0.394 e. The van der Waals surface area contributed by atoms with Gasteiger partial charge < -0.3 is 15.3 Å². The molecule has 0 saturated heterocycles. The van der Waals surface area contributed by atoms with Gasteiger partial charge in [0.2, 0.25) is 0 Å². The Labute approximate surface area is 113 Å². The van der Waals surface area contributed by atoms with E-state index >= 15 is 0 Å². The van der Waals surface area contributed by atoms with Crippen LogP contribution >= 0.6 is 0 Å². The lowest BCUT2D eigenvalue weighted by atomic mass is 10.4. The molecule has 0 unspecified atom stereocenters. The van der Waals surface area contributed by atoms with Gasteiger partial charge >= 0.3 is 0 Å². The highest BCUT2D eigenvalue weighted by Gasteiger charge is 1.93. The fraction of sp³-hybridized carbons (Fsp3) is 0.600. The van der Waals surface area contributed by atoms with Crippen LogP contribution in [0.1, 0.15) is 41.5 Å². The SMILES string of the molecule is C=C(C)C.C=C(C)C.C=C(C)C.OCC(O)CO. The predicted molar refractivity (Wildman–Crippen MR) is 81.6 cm³/mol. The third kappa shape index (κ3) is 312. The monoisotopic (exact) mass is 260 g/mol. The van der Waals surface area contributed by atoms with E-state index in [9.17, 15) is 0 Å². The average Bonchev–Trinajstić information content (AvgIpc) is 2.13. The van der Waals surface area contributed by atoms with Gasteiger partial charge in [0, 0.05) is 0 Å². The lowest BCUT2D eigenvalue weighted by Gasteiger charge is -1.96. The van der Waals surface area contributed by atoms with Crippen molar-refractivity contribution in [1.29, 1.82) is 0 Å². The Bertz CT molecular complexity index is 163. The highest BCUT2D eigenvalue weighted by Crippen LogP contribution is 1.74. The van der Waals surface area contributed by atoms with Crippen LogP contribution in [0.15, 0.2) is 36.5 Å². The number of allylic oxidation sites excluding steroid dienone is 3. The lowest BCUT2D eigenvalue weighted by molar-refractivity contribution is 0.0450. The molecule has 0 aliphatic carbocycles. The molecular weight excluding hydrogens is 228 g/mol. The van der Waals surface area contributed by atoms with Crippen molar-refractivity contribution in [2.75, 3.05) is 13.2 Å².